The van der Waals surface area contributed by atoms with E-state index in [2.05, 4.69) is 26.2 Å². The van der Waals surface area contributed by atoms with Gasteiger partial charge in [-0.1, -0.05) is 15.9 Å². The Morgan fingerprint density at radius 1 is 1.30 bits per heavy atom. The van der Waals surface area contributed by atoms with E-state index in [1.807, 2.05) is 13.0 Å². The Morgan fingerprint density at radius 3 is 2.85 bits per heavy atom. The lowest BCUT2D eigenvalue weighted by atomic mass is 10.3. The van der Waals surface area contributed by atoms with Crippen LogP contribution in [0.2, 0.25) is 0 Å². The lowest BCUT2D eigenvalue weighted by Crippen LogP contribution is -2.03. The Morgan fingerprint density at radius 2 is 2.10 bits per heavy atom. The van der Waals surface area contributed by atoms with Crippen LogP contribution in [0, 0.1) is 11.6 Å². The maximum absolute atomic E-state index is 13.5. The fraction of sp³-hybridized carbons (Fsp3) is 0.214. The van der Waals surface area contributed by atoms with Gasteiger partial charge >= 0.3 is 0 Å². The summed E-state index contributed by atoms with van der Waals surface area (Å²) in [6.45, 7) is 2.83. The van der Waals surface area contributed by atoms with Crippen molar-refractivity contribution in [2.45, 2.75) is 13.5 Å². The standard InChI is InChI=1S/C14H13BrF2N2O/c1-2-18-10-3-4-19-11(7-10)8-20-13-6-9(15)5-12(16)14(13)17/h3-7H,2,8H2,1H3,(H,18,19). The molecule has 106 valence electrons. The second kappa shape index (κ2) is 6.65. The van der Waals surface area contributed by atoms with Gasteiger partial charge in [0.1, 0.15) is 6.61 Å². The number of rotatable bonds is 5. The molecule has 0 aliphatic carbocycles. The van der Waals surface area contributed by atoms with Crippen molar-refractivity contribution in [3.05, 3.63) is 52.3 Å². The van der Waals surface area contributed by atoms with Crippen molar-refractivity contribution in [1.29, 1.82) is 0 Å². The zero-order chi connectivity index (χ0) is 14.5. The number of anilines is 1. The molecule has 0 atom stereocenters. The first-order valence-corrected chi connectivity index (χ1v) is 6.85. The quantitative estimate of drug-likeness (QED) is 0.829. The summed E-state index contributed by atoms with van der Waals surface area (Å²) in [5, 5.41) is 3.14. The number of hydrogen-bond acceptors (Lipinski definition) is 3. The molecule has 0 spiro atoms. The van der Waals surface area contributed by atoms with Gasteiger partial charge in [-0.05, 0) is 31.2 Å². The van der Waals surface area contributed by atoms with E-state index in [1.165, 1.54) is 6.07 Å². The molecule has 2 rings (SSSR count). The van der Waals surface area contributed by atoms with Gasteiger partial charge in [-0.2, -0.15) is 4.39 Å². The minimum absolute atomic E-state index is 0.0616. The Hall–Kier alpha value is -1.69. The van der Waals surface area contributed by atoms with Gasteiger partial charge < -0.3 is 10.1 Å². The minimum atomic E-state index is -1.00. The van der Waals surface area contributed by atoms with Crippen molar-refractivity contribution >= 4 is 21.6 Å². The number of halogens is 3. The molecule has 0 radical (unpaired) electrons. The zero-order valence-electron chi connectivity index (χ0n) is 10.8. The van der Waals surface area contributed by atoms with Crippen molar-refractivity contribution in [3.63, 3.8) is 0 Å². The van der Waals surface area contributed by atoms with Crippen LogP contribution < -0.4 is 10.1 Å². The van der Waals surface area contributed by atoms with E-state index in [9.17, 15) is 8.78 Å². The van der Waals surface area contributed by atoms with Gasteiger partial charge in [-0.15, -0.1) is 0 Å². The van der Waals surface area contributed by atoms with Crippen LogP contribution in [0.1, 0.15) is 12.6 Å². The Labute approximate surface area is 124 Å². The summed E-state index contributed by atoms with van der Waals surface area (Å²) in [4.78, 5) is 4.12. The molecule has 1 heterocycles. The number of ether oxygens (including phenoxy) is 1. The van der Waals surface area contributed by atoms with Gasteiger partial charge in [0.05, 0.1) is 5.69 Å². The number of hydrogen-bond donors (Lipinski definition) is 1. The second-order valence-corrected chi connectivity index (χ2v) is 4.97. The van der Waals surface area contributed by atoms with Gasteiger partial charge in [-0.25, -0.2) is 4.39 Å². The number of nitrogens with zero attached hydrogens (tertiary/aromatic N) is 1. The molecule has 1 aromatic carbocycles. The Bertz CT molecular complexity index is 608. The summed E-state index contributed by atoms with van der Waals surface area (Å²) >= 11 is 3.09. The molecule has 0 aliphatic heterocycles. The lowest BCUT2D eigenvalue weighted by Gasteiger charge is -2.09. The summed E-state index contributed by atoms with van der Waals surface area (Å²) in [7, 11) is 0. The maximum atomic E-state index is 13.5. The first-order chi connectivity index (χ1) is 9.60. The molecule has 0 amide bonds. The Balaban J connectivity index is 2.10. The molecule has 1 aromatic heterocycles. The van der Waals surface area contributed by atoms with Gasteiger partial charge in [0, 0.05) is 22.9 Å². The summed E-state index contributed by atoms with van der Waals surface area (Å²) in [6, 6.07) is 6.06. The van der Waals surface area contributed by atoms with Gasteiger partial charge in [0.25, 0.3) is 0 Å². The summed E-state index contributed by atoms with van der Waals surface area (Å²) < 4.78 is 32.5. The molecule has 0 saturated carbocycles. The normalized spacial score (nSPS) is 10.4. The highest BCUT2D eigenvalue weighted by Crippen LogP contribution is 2.26. The minimum Gasteiger partial charge on any atom is -0.484 e. The summed E-state index contributed by atoms with van der Waals surface area (Å²) in [5.74, 6) is -2.10. The molecule has 0 unspecified atom stereocenters. The number of aromatic nitrogens is 1. The molecule has 1 N–H and O–H groups in total. The molecule has 0 bridgehead atoms. The highest BCUT2D eigenvalue weighted by molar-refractivity contribution is 9.10. The monoisotopic (exact) mass is 342 g/mol. The first-order valence-electron chi connectivity index (χ1n) is 6.06. The average molecular weight is 343 g/mol. The van der Waals surface area contributed by atoms with Gasteiger partial charge in [0.2, 0.25) is 5.82 Å². The second-order valence-electron chi connectivity index (χ2n) is 4.05. The van der Waals surface area contributed by atoms with Crippen molar-refractivity contribution in [2.75, 3.05) is 11.9 Å². The van der Waals surface area contributed by atoms with Crippen LogP contribution in [-0.4, -0.2) is 11.5 Å². The van der Waals surface area contributed by atoms with Crippen molar-refractivity contribution < 1.29 is 13.5 Å². The topological polar surface area (TPSA) is 34.2 Å². The number of nitrogens with one attached hydrogen (secondary N) is 1. The molecule has 20 heavy (non-hydrogen) atoms. The molecule has 3 nitrogen and oxygen atoms in total. The van der Waals surface area contributed by atoms with Crippen molar-refractivity contribution in [3.8, 4) is 5.75 Å². The van der Waals surface area contributed by atoms with Crippen molar-refractivity contribution in [1.82, 2.24) is 4.98 Å². The predicted molar refractivity (Wildman–Crippen MR) is 76.8 cm³/mol. The van der Waals surface area contributed by atoms with Crippen LogP contribution in [0.15, 0.2) is 34.9 Å². The molecule has 0 aliphatic rings. The Kier molecular flexibility index (Phi) is 4.89. The highest BCUT2D eigenvalue weighted by Gasteiger charge is 2.11. The predicted octanol–water partition coefficient (Wildman–Crippen LogP) is 4.13. The summed E-state index contributed by atoms with van der Waals surface area (Å²) in [5.41, 5.74) is 1.53. The van der Waals surface area contributed by atoms with Crippen LogP contribution in [0.3, 0.4) is 0 Å². The largest absolute Gasteiger partial charge is 0.484 e. The number of benzene rings is 1. The van der Waals surface area contributed by atoms with E-state index in [1.54, 1.807) is 12.3 Å². The van der Waals surface area contributed by atoms with E-state index >= 15 is 0 Å². The zero-order valence-corrected chi connectivity index (χ0v) is 12.4. The fourth-order valence-corrected chi connectivity index (χ4v) is 2.07. The fourth-order valence-electron chi connectivity index (χ4n) is 1.66. The molecule has 0 fully saturated rings. The SMILES string of the molecule is CCNc1ccnc(COc2cc(Br)cc(F)c2F)c1. The van der Waals surface area contributed by atoms with Crippen molar-refractivity contribution in [2.24, 2.45) is 0 Å². The lowest BCUT2D eigenvalue weighted by molar-refractivity contribution is 0.280. The molecule has 6 heteroatoms. The third kappa shape index (κ3) is 3.66. The molecular weight excluding hydrogens is 330 g/mol. The van der Waals surface area contributed by atoms with E-state index in [0.717, 1.165) is 18.3 Å². The molecule has 2 aromatic rings. The van der Waals surface area contributed by atoms with Crippen LogP contribution >= 0.6 is 15.9 Å². The highest BCUT2D eigenvalue weighted by atomic mass is 79.9. The number of pyridine rings is 1. The van der Waals surface area contributed by atoms with Crippen LogP contribution in [0.25, 0.3) is 0 Å². The van der Waals surface area contributed by atoms with E-state index < -0.39 is 11.6 Å². The smallest absolute Gasteiger partial charge is 0.200 e. The molecule has 0 saturated heterocycles. The van der Waals surface area contributed by atoms with Crippen LogP contribution in [0.4, 0.5) is 14.5 Å². The maximum Gasteiger partial charge on any atom is 0.200 e. The average Bonchev–Trinajstić information content (AvgIpc) is 2.42. The van der Waals surface area contributed by atoms with Crippen LogP contribution in [-0.2, 0) is 6.61 Å². The van der Waals surface area contributed by atoms with E-state index in [4.69, 9.17) is 4.74 Å². The molecular formula is C14H13BrF2N2O. The van der Waals surface area contributed by atoms with E-state index in [-0.39, 0.29) is 12.4 Å². The van der Waals surface area contributed by atoms with Gasteiger partial charge in [0.15, 0.2) is 11.6 Å². The summed E-state index contributed by atoms with van der Waals surface area (Å²) in [6.07, 6.45) is 1.63. The first kappa shape index (κ1) is 14.7. The van der Waals surface area contributed by atoms with E-state index in [0.29, 0.717) is 10.2 Å². The van der Waals surface area contributed by atoms with Gasteiger partial charge in [-0.3, -0.25) is 4.98 Å². The third-order valence-corrected chi connectivity index (χ3v) is 2.99. The van der Waals surface area contributed by atoms with Crippen LogP contribution in [0.5, 0.6) is 5.75 Å². The third-order valence-electron chi connectivity index (χ3n) is 2.53.